The molecule has 1 aromatic rings. The molecule has 0 aromatic heterocycles. The average molecular weight is 263 g/mol. The average Bonchev–Trinajstić information content (AvgIpc) is 2.37. The van der Waals surface area contributed by atoms with Gasteiger partial charge < -0.3 is 5.32 Å². The van der Waals surface area contributed by atoms with E-state index in [1.807, 2.05) is 30.3 Å². The zero-order chi connectivity index (χ0) is 13.5. The number of nitrogens with one attached hydrogen (secondary N) is 1. The van der Waals surface area contributed by atoms with Crippen molar-refractivity contribution in [1.82, 2.24) is 10.3 Å². The molecule has 1 aromatic carbocycles. The van der Waals surface area contributed by atoms with Gasteiger partial charge in [0.2, 0.25) is 0 Å². The van der Waals surface area contributed by atoms with Gasteiger partial charge in [-0.3, -0.25) is 4.79 Å². The fourth-order valence-electron chi connectivity index (χ4n) is 1.45. The molecule has 0 saturated carbocycles. The molecule has 0 radical (unpaired) electrons. The predicted octanol–water partition coefficient (Wildman–Crippen LogP) is 1.81. The lowest BCUT2D eigenvalue weighted by molar-refractivity contribution is -0.115. The summed E-state index contributed by atoms with van der Waals surface area (Å²) in [4.78, 5) is 11.3. The Kier molecular flexibility index (Phi) is 5.45. The summed E-state index contributed by atoms with van der Waals surface area (Å²) in [5, 5.41) is 9.29. The number of Topliss-reactive ketones (excluding diaryl/α,β-unsaturated/α-hetero) is 1. The molecule has 0 spiro atoms. The van der Waals surface area contributed by atoms with E-state index in [4.69, 9.17) is 12.2 Å². The Hall–Kier alpha value is -1.75. The van der Waals surface area contributed by atoms with E-state index in [0.29, 0.717) is 17.2 Å². The van der Waals surface area contributed by atoms with E-state index in [-0.39, 0.29) is 5.78 Å². The molecule has 0 atom stereocenters. The van der Waals surface area contributed by atoms with Crippen LogP contribution < -0.4 is 5.32 Å². The van der Waals surface area contributed by atoms with Gasteiger partial charge in [0.1, 0.15) is 5.78 Å². The SMILES string of the molecule is CNC(=S)N(C)/N=C(\CC(C)=O)c1ccccc1. The van der Waals surface area contributed by atoms with Crippen LogP contribution in [0.5, 0.6) is 0 Å². The van der Waals surface area contributed by atoms with E-state index < -0.39 is 0 Å². The first kappa shape index (κ1) is 14.3. The summed E-state index contributed by atoms with van der Waals surface area (Å²) in [6.45, 7) is 1.55. The molecule has 0 amide bonds. The van der Waals surface area contributed by atoms with Gasteiger partial charge >= 0.3 is 0 Å². The Balaban J connectivity index is 3.02. The maximum absolute atomic E-state index is 11.3. The number of ketones is 1. The topological polar surface area (TPSA) is 44.7 Å². The van der Waals surface area contributed by atoms with Crippen LogP contribution in [-0.4, -0.2) is 35.7 Å². The fourth-order valence-corrected chi connectivity index (χ4v) is 1.49. The van der Waals surface area contributed by atoms with Crippen molar-refractivity contribution < 1.29 is 4.79 Å². The summed E-state index contributed by atoms with van der Waals surface area (Å²) < 4.78 is 0. The molecule has 5 heteroatoms. The van der Waals surface area contributed by atoms with E-state index >= 15 is 0 Å². The zero-order valence-electron chi connectivity index (χ0n) is 10.8. The number of benzene rings is 1. The molecule has 0 saturated heterocycles. The van der Waals surface area contributed by atoms with Crippen molar-refractivity contribution in [1.29, 1.82) is 0 Å². The largest absolute Gasteiger partial charge is 0.364 e. The lowest BCUT2D eigenvalue weighted by Crippen LogP contribution is -2.32. The zero-order valence-corrected chi connectivity index (χ0v) is 11.6. The quantitative estimate of drug-likeness (QED) is 0.511. The Bertz CT molecular complexity index is 457. The summed E-state index contributed by atoms with van der Waals surface area (Å²) in [6.07, 6.45) is 0.292. The first-order chi connectivity index (χ1) is 8.54. The third-order valence-electron chi connectivity index (χ3n) is 2.30. The number of rotatable bonds is 4. The highest BCUT2D eigenvalue weighted by molar-refractivity contribution is 7.80. The van der Waals surface area contributed by atoms with E-state index in [1.54, 1.807) is 26.0 Å². The molecule has 96 valence electrons. The van der Waals surface area contributed by atoms with Crippen LogP contribution >= 0.6 is 12.2 Å². The summed E-state index contributed by atoms with van der Waals surface area (Å²) in [7, 11) is 3.49. The molecule has 0 heterocycles. The van der Waals surface area contributed by atoms with Crippen molar-refractivity contribution in [3.63, 3.8) is 0 Å². The molecular weight excluding hydrogens is 246 g/mol. The van der Waals surface area contributed by atoms with Crippen LogP contribution in [0, 0.1) is 0 Å². The molecule has 1 N–H and O–H groups in total. The minimum absolute atomic E-state index is 0.0707. The molecular formula is C13H17N3OS. The van der Waals surface area contributed by atoms with Crippen LogP contribution in [0.2, 0.25) is 0 Å². The minimum Gasteiger partial charge on any atom is -0.364 e. The van der Waals surface area contributed by atoms with Gasteiger partial charge in [0.15, 0.2) is 5.11 Å². The highest BCUT2D eigenvalue weighted by Gasteiger charge is 2.09. The van der Waals surface area contributed by atoms with Crippen LogP contribution in [0.4, 0.5) is 0 Å². The summed E-state index contributed by atoms with van der Waals surface area (Å²) in [6, 6.07) is 9.62. The molecule has 0 fully saturated rings. The van der Waals surface area contributed by atoms with E-state index in [1.165, 1.54) is 0 Å². The molecule has 0 aliphatic carbocycles. The Morgan fingerprint density at radius 2 is 2.00 bits per heavy atom. The highest BCUT2D eigenvalue weighted by Crippen LogP contribution is 2.06. The third-order valence-corrected chi connectivity index (χ3v) is 2.77. The fraction of sp³-hybridized carbons (Fsp3) is 0.308. The lowest BCUT2D eigenvalue weighted by atomic mass is 10.1. The second kappa shape index (κ2) is 6.86. The molecule has 0 bridgehead atoms. The van der Waals surface area contributed by atoms with Crippen molar-refractivity contribution in [2.75, 3.05) is 14.1 Å². The number of carbonyl (C=O) groups is 1. The molecule has 0 unspecified atom stereocenters. The van der Waals surface area contributed by atoms with Gasteiger partial charge in [-0.1, -0.05) is 30.3 Å². The van der Waals surface area contributed by atoms with Gasteiger partial charge in [-0.05, 0) is 24.7 Å². The molecule has 0 aliphatic heterocycles. The summed E-state index contributed by atoms with van der Waals surface area (Å²) >= 11 is 5.08. The van der Waals surface area contributed by atoms with Crippen molar-refractivity contribution in [3.8, 4) is 0 Å². The van der Waals surface area contributed by atoms with Crippen LogP contribution in [0.15, 0.2) is 35.4 Å². The van der Waals surface area contributed by atoms with Gasteiger partial charge in [0.05, 0.1) is 12.1 Å². The number of hydrogen-bond donors (Lipinski definition) is 1. The van der Waals surface area contributed by atoms with Crippen molar-refractivity contribution in [2.24, 2.45) is 5.10 Å². The molecule has 4 nitrogen and oxygen atoms in total. The van der Waals surface area contributed by atoms with Gasteiger partial charge in [-0.25, -0.2) is 5.01 Å². The smallest absolute Gasteiger partial charge is 0.189 e. The summed E-state index contributed by atoms with van der Waals surface area (Å²) in [5.74, 6) is 0.0707. The minimum atomic E-state index is 0.0707. The Morgan fingerprint density at radius 1 is 1.39 bits per heavy atom. The third kappa shape index (κ3) is 4.25. The monoisotopic (exact) mass is 263 g/mol. The van der Waals surface area contributed by atoms with Crippen LogP contribution in [0.3, 0.4) is 0 Å². The van der Waals surface area contributed by atoms with Crippen molar-refractivity contribution in [2.45, 2.75) is 13.3 Å². The first-order valence-electron chi connectivity index (χ1n) is 5.62. The van der Waals surface area contributed by atoms with Crippen LogP contribution in [0.1, 0.15) is 18.9 Å². The number of carbonyl (C=O) groups excluding carboxylic acids is 1. The Morgan fingerprint density at radius 3 is 2.50 bits per heavy atom. The maximum Gasteiger partial charge on any atom is 0.189 e. The standard InChI is InChI=1S/C13H17N3OS/c1-10(17)9-12(11-7-5-4-6-8-11)15-16(3)13(18)14-2/h4-8H,9H2,1-3H3,(H,14,18)/b15-12+. The van der Waals surface area contributed by atoms with Gasteiger partial charge in [0.25, 0.3) is 0 Å². The Labute approximate surface area is 113 Å². The predicted molar refractivity (Wildman–Crippen MR) is 77.7 cm³/mol. The van der Waals surface area contributed by atoms with E-state index in [9.17, 15) is 4.79 Å². The number of hydrogen-bond acceptors (Lipinski definition) is 3. The van der Waals surface area contributed by atoms with E-state index in [0.717, 1.165) is 5.56 Å². The van der Waals surface area contributed by atoms with E-state index in [2.05, 4.69) is 10.4 Å². The molecule has 18 heavy (non-hydrogen) atoms. The summed E-state index contributed by atoms with van der Waals surface area (Å²) in [5.41, 5.74) is 1.64. The highest BCUT2D eigenvalue weighted by atomic mass is 32.1. The second-order valence-electron chi connectivity index (χ2n) is 3.87. The van der Waals surface area contributed by atoms with Crippen LogP contribution in [0.25, 0.3) is 0 Å². The van der Waals surface area contributed by atoms with Crippen molar-refractivity contribution >= 4 is 28.8 Å². The van der Waals surface area contributed by atoms with Crippen molar-refractivity contribution in [3.05, 3.63) is 35.9 Å². The van der Waals surface area contributed by atoms with Gasteiger partial charge in [0, 0.05) is 14.1 Å². The second-order valence-corrected chi connectivity index (χ2v) is 4.26. The number of nitrogens with zero attached hydrogens (tertiary/aromatic N) is 2. The maximum atomic E-state index is 11.3. The molecule has 0 aliphatic rings. The number of hydrazone groups is 1. The normalized spacial score (nSPS) is 10.9. The number of thiocarbonyl (C=S) groups is 1. The first-order valence-corrected chi connectivity index (χ1v) is 6.03. The van der Waals surface area contributed by atoms with Gasteiger partial charge in [-0.15, -0.1) is 0 Å². The van der Waals surface area contributed by atoms with Crippen LogP contribution in [-0.2, 0) is 4.79 Å². The molecule has 1 rings (SSSR count). The lowest BCUT2D eigenvalue weighted by Gasteiger charge is -2.15. The van der Waals surface area contributed by atoms with Gasteiger partial charge in [-0.2, -0.15) is 5.10 Å².